The number of anilines is 1. The van der Waals surface area contributed by atoms with Crippen LogP contribution < -0.4 is 10.2 Å². The predicted octanol–water partition coefficient (Wildman–Crippen LogP) is 1.49. The van der Waals surface area contributed by atoms with Crippen molar-refractivity contribution >= 4 is 17.5 Å². The summed E-state index contributed by atoms with van der Waals surface area (Å²) in [6.45, 7) is 2.83. The van der Waals surface area contributed by atoms with E-state index in [0.717, 1.165) is 18.7 Å². The first-order valence-electron chi connectivity index (χ1n) is 6.31. The van der Waals surface area contributed by atoms with Gasteiger partial charge in [-0.1, -0.05) is 18.2 Å². The van der Waals surface area contributed by atoms with E-state index in [-0.39, 0.29) is 11.8 Å². The molecule has 0 unspecified atom stereocenters. The van der Waals surface area contributed by atoms with Crippen LogP contribution in [0.15, 0.2) is 24.3 Å². The van der Waals surface area contributed by atoms with E-state index in [9.17, 15) is 9.59 Å². The largest absolute Gasteiger partial charge is 0.356 e. The molecule has 0 spiro atoms. The van der Waals surface area contributed by atoms with E-state index in [4.69, 9.17) is 0 Å². The SMILES string of the molecule is CC(=O)NCCCC(=O)N1CCc2ccccc21. The molecule has 0 fully saturated rings. The zero-order chi connectivity index (χ0) is 13.0. The first-order valence-corrected chi connectivity index (χ1v) is 6.31. The maximum Gasteiger partial charge on any atom is 0.227 e. The summed E-state index contributed by atoms with van der Waals surface area (Å²) in [7, 11) is 0. The summed E-state index contributed by atoms with van der Waals surface area (Å²) in [5, 5.41) is 2.70. The lowest BCUT2D eigenvalue weighted by molar-refractivity contribution is -0.120. The van der Waals surface area contributed by atoms with Crippen LogP contribution in [0.3, 0.4) is 0 Å². The summed E-state index contributed by atoms with van der Waals surface area (Å²) in [5.74, 6) is 0.0965. The van der Waals surface area contributed by atoms with Gasteiger partial charge in [0.15, 0.2) is 0 Å². The number of nitrogens with zero attached hydrogens (tertiary/aromatic N) is 1. The normalized spacial score (nSPS) is 13.3. The van der Waals surface area contributed by atoms with Gasteiger partial charge in [-0.15, -0.1) is 0 Å². The van der Waals surface area contributed by atoms with Gasteiger partial charge in [0.1, 0.15) is 0 Å². The number of fused-ring (bicyclic) bond motifs is 1. The number of amides is 2. The van der Waals surface area contributed by atoms with Crippen LogP contribution in [0.25, 0.3) is 0 Å². The van der Waals surface area contributed by atoms with Crippen LogP contribution in [0, 0.1) is 0 Å². The van der Waals surface area contributed by atoms with Gasteiger partial charge in [0, 0.05) is 32.1 Å². The zero-order valence-corrected chi connectivity index (χ0v) is 10.6. The number of rotatable bonds is 4. The van der Waals surface area contributed by atoms with Gasteiger partial charge in [-0.3, -0.25) is 9.59 Å². The fourth-order valence-electron chi connectivity index (χ4n) is 2.24. The molecule has 4 heteroatoms. The van der Waals surface area contributed by atoms with Crippen molar-refractivity contribution in [3.8, 4) is 0 Å². The molecule has 0 saturated heterocycles. The van der Waals surface area contributed by atoms with Crippen molar-refractivity contribution < 1.29 is 9.59 Å². The van der Waals surface area contributed by atoms with Crippen molar-refractivity contribution in [3.05, 3.63) is 29.8 Å². The standard InChI is InChI=1S/C14H18N2O2/c1-11(17)15-9-4-7-14(18)16-10-8-12-5-2-3-6-13(12)16/h2-3,5-6H,4,7-10H2,1H3,(H,15,17). The lowest BCUT2D eigenvalue weighted by Gasteiger charge is -2.17. The van der Waals surface area contributed by atoms with Gasteiger partial charge < -0.3 is 10.2 Å². The summed E-state index contributed by atoms with van der Waals surface area (Å²) in [4.78, 5) is 24.6. The summed E-state index contributed by atoms with van der Waals surface area (Å²) >= 11 is 0. The third-order valence-electron chi connectivity index (χ3n) is 3.13. The van der Waals surface area contributed by atoms with E-state index in [0.29, 0.717) is 19.4 Å². The molecule has 1 aromatic carbocycles. The molecule has 1 aliphatic rings. The highest BCUT2D eigenvalue weighted by atomic mass is 16.2. The Hall–Kier alpha value is -1.84. The maximum absolute atomic E-state index is 12.1. The molecule has 0 radical (unpaired) electrons. The molecular formula is C14H18N2O2. The van der Waals surface area contributed by atoms with Gasteiger partial charge in [-0.05, 0) is 24.5 Å². The third kappa shape index (κ3) is 2.88. The fraction of sp³-hybridized carbons (Fsp3) is 0.429. The van der Waals surface area contributed by atoms with E-state index in [1.54, 1.807) is 0 Å². The van der Waals surface area contributed by atoms with Crippen LogP contribution in [0.2, 0.25) is 0 Å². The summed E-state index contributed by atoms with van der Waals surface area (Å²) in [6.07, 6.45) is 2.11. The molecule has 1 aromatic rings. The molecule has 0 saturated carbocycles. The monoisotopic (exact) mass is 246 g/mol. The molecule has 0 aromatic heterocycles. The minimum absolute atomic E-state index is 0.0473. The third-order valence-corrected chi connectivity index (χ3v) is 3.13. The van der Waals surface area contributed by atoms with Gasteiger partial charge in [0.2, 0.25) is 11.8 Å². The molecule has 0 atom stereocenters. The summed E-state index contributed by atoms with van der Waals surface area (Å²) in [6, 6.07) is 8.03. The van der Waals surface area contributed by atoms with E-state index < -0.39 is 0 Å². The van der Waals surface area contributed by atoms with Crippen molar-refractivity contribution in [1.29, 1.82) is 0 Å². The maximum atomic E-state index is 12.1. The highest BCUT2D eigenvalue weighted by Gasteiger charge is 2.23. The minimum atomic E-state index is -0.0473. The molecule has 2 amide bonds. The molecule has 1 aliphatic heterocycles. The molecule has 2 rings (SSSR count). The second-order valence-corrected chi connectivity index (χ2v) is 4.51. The van der Waals surface area contributed by atoms with Crippen LogP contribution >= 0.6 is 0 Å². The average Bonchev–Trinajstić information content (AvgIpc) is 2.78. The Morgan fingerprint density at radius 1 is 1.33 bits per heavy atom. The Morgan fingerprint density at radius 2 is 2.11 bits per heavy atom. The molecule has 0 bridgehead atoms. The van der Waals surface area contributed by atoms with Crippen LogP contribution in [-0.2, 0) is 16.0 Å². The van der Waals surface area contributed by atoms with Gasteiger partial charge >= 0.3 is 0 Å². The summed E-state index contributed by atoms with van der Waals surface area (Å²) in [5.41, 5.74) is 2.29. The van der Waals surface area contributed by atoms with E-state index in [1.165, 1.54) is 12.5 Å². The summed E-state index contributed by atoms with van der Waals surface area (Å²) < 4.78 is 0. The van der Waals surface area contributed by atoms with Crippen molar-refractivity contribution in [2.75, 3.05) is 18.0 Å². The zero-order valence-electron chi connectivity index (χ0n) is 10.6. The molecular weight excluding hydrogens is 228 g/mol. The number of benzene rings is 1. The molecule has 1 N–H and O–H groups in total. The molecule has 18 heavy (non-hydrogen) atoms. The molecule has 1 heterocycles. The van der Waals surface area contributed by atoms with Gasteiger partial charge in [0.25, 0.3) is 0 Å². The van der Waals surface area contributed by atoms with Crippen LogP contribution in [-0.4, -0.2) is 24.9 Å². The Balaban J connectivity index is 1.86. The number of carbonyl (C=O) groups excluding carboxylic acids is 2. The number of para-hydroxylation sites is 1. The lowest BCUT2D eigenvalue weighted by atomic mass is 10.2. The average molecular weight is 246 g/mol. The van der Waals surface area contributed by atoms with Crippen LogP contribution in [0.1, 0.15) is 25.3 Å². The second-order valence-electron chi connectivity index (χ2n) is 4.51. The van der Waals surface area contributed by atoms with Crippen molar-refractivity contribution in [1.82, 2.24) is 5.32 Å². The van der Waals surface area contributed by atoms with E-state index in [1.807, 2.05) is 23.1 Å². The van der Waals surface area contributed by atoms with Crippen LogP contribution in [0.5, 0.6) is 0 Å². The van der Waals surface area contributed by atoms with E-state index in [2.05, 4.69) is 11.4 Å². The van der Waals surface area contributed by atoms with Gasteiger partial charge in [-0.2, -0.15) is 0 Å². The van der Waals surface area contributed by atoms with Crippen molar-refractivity contribution in [3.63, 3.8) is 0 Å². The molecule has 96 valence electrons. The highest BCUT2D eigenvalue weighted by molar-refractivity contribution is 5.95. The van der Waals surface area contributed by atoms with Crippen LogP contribution in [0.4, 0.5) is 5.69 Å². The minimum Gasteiger partial charge on any atom is -0.356 e. The Morgan fingerprint density at radius 3 is 2.89 bits per heavy atom. The molecule has 4 nitrogen and oxygen atoms in total. The Labute approximate surface area is 107 Å². The quantitative estimate of drug-likeness (QED) is 0.818. The Bertz CT molecular complexity index is 457. The van der Waals surface area contributed by atoms with Gasteiger partial charge in [0.05, 0.1) is 0 Å². The first-order chi connectivity index (χ1) is 8.68. The van der Waals surface area contributed by atoms with E-state index >= 15 is 0 Å². The lowest BCUT2D eigenvalue weighted by Crippen LogP contribution is -2.30. The number of hydrogen-bond donors (Lipinski definition) is 1. The number of nitrogens with one attached hydrogen (secondary N) is 1. The number of carbonyl (C=O) groups is 2. The first kappa shape index (κ1) is 12.6. The second kappa shape index (κ2) is 5.67. The Kier molecular flexibility index (Phi) is 3.97. The van der Waals surface area contributed by atoms with Gasteiger partial charge in [-0.25, -0.2) is 0 Å². The molecule has 0 aliphatic carbocycles. The van der Waals surface area contributed by atoms with Crippen molar-refractivity contribution in [2.24, 2.45) is 0 Å². The highest BCUT2D eigenvalue weighted by Crippen LogP contribution is 2.27. The number of hydrogen-bond acceptors (Lipinski definition) is 2. The fourth-order valence-corrected chi connectivity index (χ4v) is 2.24. The smallest absolute Gasteiger partial charge is 0.227 e. The topological polar surface area (TPSA) is 49.4 Å². The van der Waals surface area contributed by atoms with Crippen molar-refractivity contribution in [2.45, 2.75) is 26.2 Å². The predicted molar refractivity (Wildman–Crippen MR) is 70.4 cm³/mol.